The van der Waals surface area contributed by atoms with Gasteiger partial charge in [0.1, 0.15) is 10.7 Å². The third-order valence-electron chi connectivity index (χ3n) is 3.00. The zero-order valence-electron chi connectivity index (χ0n) is 11.4. The largest absolute Gasteiger partial charge is 0.268 e. The van der Waals surface area contributed by atoms with Gasteiger partial charge >= 0.3 is 0 Å². The highest BCUT2D eigenvalue weighted by molar-refractivity contribution is 8.00. The summed E-state index contributed by atoms with van der Waals surface area (Å²) in [7, 11) is -3.48. The molecule has 1 N–H and O–H groups in total. The lowest BCUT2D eigenvalue weighted by atomic mass is 10.1. The van der Waals surface area contributed by atoms with Gasteiger partial charge in [-0.2, -0.15) is 0 Å². The van der Waals surface area contributed by atoms with Gasteiger partial charge in [-0.15, -0.1) is 0 Å². The van der Waals surface area contributed by atoms with E-state index in [-0.39, 0.29) is 0 Å². The van der Waals surface area contributed by atoms with E-state index in [1.54, 1.807) is 6.92 Å². The number of hydrogen-bond acceptors (Lipinski definition) is 3. The second-order valence-corrected chi connectivity index (χ2v) is 6.28. The number of aryl methyl sites for hydroxylation is 1. The monoisotopic (exact) mass is 278 g/mol. The minimum Gasteiger partial charge on any atom is -0.268 e. The quantitative estimate of drug-likeness (QED) is 0.923. The first kappa shape index (κ1) is 13.8. The number of nitrogens with one attached hydrogen (secondary N) is 1. The summed E-state index contributed by atoms with van der Waals surface area (Å²) in [4.78, 5) is 4.62. The van der Waals surface area contributed by atoms with Crippen LogP contribution in [0.2, 0.25) is 0 Å². The molecule has 19 heavy (non-hydrogen) atoms. The van der Waals surface area contributed by atoms with E-state index in [4.69, 9.17) is 0 Å². The first-order valence-electron chi connectivity index (χ1n) is 6.31. The number of nitrogens with zero attached hydrogens (tertiary/aromatic N) is 1. The molecule has 2 rings (SSSR count). The molecule has 1 heterocycles. The lowest BCUT2D eigenvalue weighted by molar-refractivity contribution is 0.603. The molecule has 0 saturated heterocycles. The predicted molar refractivity (Wildman–Crippen MR) is 78.4 cm³/mol. The number of sulfonamides is 1. The molecule has 4 nitrogen and oxygen atoms in total. The van der Waals surface area contributed by atoms with Gasteiger partial charge in [0.2, 0.25) is 0 Å². The highest BCUT2D eigenvalue weighted by Gasteiger charge is 2.32. The fourth-order valence-corrected chi connectivity index (χ4v) is 3.54. The van der Waals surface area contributed by atoms with Gasteiger partial charge in [0.05, 0.1) is 0 Å². The summed E-state index contributed by atoms with van der Waals surface area (Å²) in [6, 6.07) is 7.48. The van der Waals surface area contributed by atoms with Crippen LogP contribution in [0.5, 0.6) is 0 Å². The van der Waals surface area contributed by atoms with Crippen molar-refractivity contribution in [2.45, 2.75) is 27.2 Å². The molecule has 1 aromatic carbocycles. The molecule has 0 unspecified atom stereocenters. The van der Waals surface area contributed by atoms with Gasteiger partial charge in [0.25, 0.3) is 10.0 Å². The summed E-state index contributed by atoms with van der Waals surface area (Å²) in [6.45, 7) is 6.39. The zero-order chi connectivity index (χ0) is 14.0. The van der Waals surface area contributed by atoms with Crippen LogP contribution in [0.15, 0.2) is 34.8 Å². The van der Waals surface area contributed by atoms with Crippen LogP contribution >= 0.6 is 0 Å². The van der Waals surface area contributed by atoms with E-state index >= 15 is 0 Å². The van der Waals surface area contributed by atoms with Crippen LogP contribution in [-0.2, 0) is 10.0 Å². The Hall–Kier alpha value is -1.62. The zero-order valence-corrected chi connectivity index (χ0v) is 12.2. The number of benzene rings is 1. The summed E-state index contributed by atoms with van der Waals surface area (Å²) in [6.07, 6.45) is 0.887. The fraction of sp³-hybridized carbons (Fsp3) is 0.357. The average molecular weight is 278 g/mol. The second-order valence-electron chi connectivity index (χ2n) is 4.66. The Morgan fingerprint density at radius 1 is 1.16 bits per heavy atom. The highest BCUT2D eigenvalue weighted by atomic mass is 32.2. The van der Waals surface area contributed by atoms with E-state index in [0.717, 1.165) is 12.0 Å². The van der Waals surface area contributed by atoms with Crippen molar-refractivity contribution in [1.82, 2.24) is 4.72 Å². The molecule has 0 bridgehead atoms. The van der Waals surface area contributed by atoms with Crippen LogP contribution in [0, 0.1) is 6.92 Å². The van der Waals surface area contributed by atoms with Crippen LogP contribution in [0.3, 0.4) is 0 Å². The molecular weight excluding hydrogens is 260 g/mol. The van der Waals surface area contributed by atoms with E-state index in [0.29, 0.717) is 28.4 Å². The average Bonchev–Trinajstić information content (AvgIpc) is 2.58. The van der Waals surface area contributed by atoms with E-state index in [1.165, 1.54) is 0 Å². The van der Waals surface area contributed by atoms with Crippen molar-refractivity contribution < 1.29 is 8.42 Å². The molecule has 0 aliphatic carbocycles. The summed E-state index contributed by atoms with van der Waals surface area (Å²) < 4.78 is 26.9. The molecule has 0 saturated carbocycles. The van der Waals surface area contributed by atoms with Gasteiger partial charge in [-0.3, -0.25) is 9.71 Å². The molecule has 0 amide bonds. The van der Waals surface area contributed by atoms with Gasteiger partial charge in [-0.05, 0) is 25.8 Å². The standard InChI is InChI=1S/C14H18N2O2S/c1-4-9-15-14-11(3)13(19(17,18)16-14)12-7-5-10(2)6-8-12/h5-8H,4,9H2,1-3H3,(H,15,16). The maximum atomic E-state index is 12.2. The first-order chi connectivity index (χ1) is 8.95. The first-order valence-corrected chi connectivity index (χ1v) is 7.79. The smallest absolute Gasteiger partial charge is 0.264 e. The summed E-state index contributed by atoms with van der Waals surface area (Å²) in [5.74, 6) is 0.470. The Morgan fingerprint density at radius 2 is 1.79 bits per heavy atom. The second kappa shape index (κ2) is 5.17. The van der Waals surface area contributed by atoms with Gasteiger partial charge in [-0.25, -0.2) is 8.42 Å². The topological polar surface area (TPSA) is 58.5 Å². The Balaban J connectivity index is 2.52. The number of rotatable bonds is 3. The van der Waals surface area contributed by atoms with Crippen LogP contribution in [0.4, 0.5) is 0 Å². The van der Waals surface area contributed by atoms with Gasteiger partial charge in [-0.1, -0.05) is 36.8 Å². The molecule has 1 aliphatic heterocycles. The molecule has 1 aromatic rings. The third-order valence-corrected chi connectivity index (χ3v) is 4.54. The Bertz CT molecular complexity index is 641. The van der Waals surface area contributed by atoms with Crippen LogP contribution in [-0.4, -0.2) is 20.8 Å². The molecule has 0 radical (unpaired) electrons. The minimum atomic E-state index is -3.48. The van der Waals surface area contributed by atoms with E-state index in [2.05, 4.69) is 9.71 Å². The van der Waals surface area contributed by atoms with Crippen LogP contribution in [0.25, 0.3) is 4.91 Å². The molecular formula is C14H18N2O2S. The summed E-state index contributed by atoms with van der Waals surface area (Å²) in [5.41, 5.74) is 2.50. The van der Waals surface area contributed by atoms with Gasteiger partial charge in [0, 0.05) is 12.1 Å². The Kier molecular flexibility index (Phi) is 3.75. The Morgan fingerprint density at radius 3 is 2.37 bits per heavy atom. The lowest BCUT2D eigenvalue weighted by Gasteiger charge is -2.03. The van der Waals surface area contributed by atoms with E-state index < -0.39 is 10.0 Å². The summed E-state index contributed by atoms with van der Waals surface area (Å²) in [5, 5.41) is 0. The molecule has 0 spiro atoms. The van der Waals surface area contributed by atoms with Gasteiger partial charge in [0.15, 0.2) is 0 Å². The maximum absolute atomic E-state index is 12.2. The normalized spacial score (nSPS) is 19.8. The van der Waals surface area contributed by atoms with Gasteiger partial charge < -0.3 is 0 Å². The molecule has 5 heteroatoms. The fourth-order valence-electron chi connectivity index (χ4n) is 2.01. The van der Waals surface area contributed by atoms with E-state index in [9.17, 15) is 8.42 Å². The highest BCUT2D eigenvalue weighted by Crippen LogP contribution is 2.29. The number of aliphatic imine (C=N–C) groups is 1. The van der Waals surface area contributed by atoms with Crippen molar-refractivity contribution in [2.24, 2.45) is 4.99 Å². The SMILES string of the molecule is CCCN=C1NS(=O)(=O)C(c2ccc(C)cc2)=C1C. The van der Waals surface area contributed by atoms with E-state index in [1.807, 2.05) is 38.1 Å². The number of hydrogen-bond donors (Lipinski definition) is 1. The van der Waals surface area contributed by atoms with Crippen molar-refractivity contribution in [3.8, 4) is 0 Å². The third kappa shape index (κ3) is 2.71. The van der Waals surface area contributed by atoms with Crippen molar-refractivity contribution in [3.05, 3.63) is 41.0 Å². The van der Waals surface area contributed by atoms with Crippen molar-refractivity contribution >= 4 is 20.8 Å². The molecule has 0 fully saturated rings. The molecule has 0 aromatic heterocycles. The van der Waals surface area contributed by atoms with Crippen LogP contribution < -0.4 is 4.72 Å². The Labute approximate surface area is 114 Å². The van der Waals surface area contributed by atoms with Crippen LogP contribution in [0.1, 0.15) is 31.4 Å². The maximum Gasteiger partial charge on any atom is 0.264 e. The lowest BCUT2D eigenvalue weighted by Crippen LogP contribution is -2.23. The predicted octanol–water partition coefficient (Wildman–Crippen LogP) is 2.47. The molecule has 102 valence electrons. The summed E-state index contributed by atoms with van der Waals surface area (Å²) >= 11 is 0. The van der Waals surface area contributed by atoms with Crippen molar-refractivity contribution in [2.75, 3.05) is 6.54 Å². The number of amidine groups is 1. The van der Waals surface area contributed by atoms with Crippen molar-refractivity contribution in [3.63, 3.8) is 0 Å². The van der Waals surface area contributed by atoms with Crippen molar-refractivity contribution in [1.29, 1.82) is 0 Å². The molecule has 1 aliphatic rings. The molecule has 0 atom stereocenters. The minimum absolute atomic E-state index is 0.336.